The summed E-state index contributed by atoms with van der Waals surface area (Å²) in [5.41, 5.74) is 8.72. The first-order chi connectivity index (χ1) is 15.0. The van der Waals surface area contributed by atoms with Gasteiger partial charge in [0.25, 0.3) is 5.56 Å². The van der Waals surface area contributed by atoms with Gasteiger partial charge in [0.1, 0.15) is 11.8 Å². The van der Waals surface area contributed by atoms with E-state index in [-0.39, 0.29) is 5.56 Å². The molecule has 0 aliphatic heterocycles. The third-order valence-electron chi connectivity index (χ3n) is 5.24. The fourth-order valence-electron chi connectivity index (χ4n) is 3.58. The van der Waals surface area contributed by atoms with E-state index in [2.05, 4.69) is 52.0 Å². The summed E-state index contributed by atoms with van der Waals surface area (Å²) in [4.78, 5) is 27.3. The number of nitrogens with two attached hydrogens (primary N) is 1. The zero-order chi connectivity index (χ0) is 22.0. The number of rotatable bonds is 2. The van der Waals surface area contributed by atoms with Crippen LogP contribution in [-0.4, -0.2) is 24.5 Å². The number of hydrogen-bond donors (Lipinski definition) is 2. The first-order valence-electron chi connectivity index (χ1n) is 10.1. The lowest BCUT2D eigenvalue weighted by atomic mass is 10.0. The molecule has 0 amide bonds. The van der Waals surface area contributed by atoms with Crippen molar-refractivity contribution in [3.8, 4) is 0 Å². The predicted octanol–water partition coefficient (Wildman–Crippen LogP) is 4.59. The Morgan fingerprint density at radius 2 is 2.13 bits per heavy atom. The maximum Gasteiger partial charge on any atom is 0.264 e. The van der Waals surface area contributed by atoms with Crippen LogP contribution in [0.4, 0.5) is 5.82 Å². The zero-order valence-electron chi connectivity index (χ0n) is 17.3. The molecule has 3 N–H and O–H groups in total. The minimum atomic E-state index is -0.0274. The van der Waals surface area contributed by atoms with Gasteiger partial charge in [0.05, 0.1) is 16.7 Å². The van der Waals surface area contributed by atoms with Gasteiger partial charge in [-0.2, -0.15) is 0 Å². The molecule has 3 aromatic heterocycles. The average molecular weight is 435 g/mol. The van der Waals surface area contributed by atoms with Crippen molar-refractivity contribution in [1.29, 1.82) is 0 Å². The number of hydrogen-bond acceptors (Lipinski definition) is 5. The molecular weight excluding hydrogens is 412 g/mol. The molecule has 8 heteroatoms. The molecule has 1 aromatic carbocycles. The fourth-order valence-corrected chi connectivity index (χ4v) is 3.84. The Kier molecular flexibility index (Phi) is 5.86. The Labute approximate surface area is 184 Å². The molecule has 0 saturated heterocycles. The molecule has 0 saturated carbocycles. The van der Waals surface area contributed by atoms with Crippen molar-refractivity contribution in [2.24, 2.45) is 5.92 Å². The molecule has 7 nitrogen and oxygen atoms in total. The number of benzene rings is 1. The quantitative estimate of drug-likeness (QED) is 0.480. The van der Waals surface area contributed by atoms with E-state index in [1.54, 1.807) is 10.6 Å². The van der Waals surface area contributed by atoms with E-state index < -0.39 is 0 Å². The first kappa shape index (κ1) is 20.8. The lowest BCUT2D eigenvalue weighted by molar-refractivity contribution is 0.731. The molecule has 158 valence electrons. The van der Waals surface area contributed by atoms with E-state index >= 15 is 0 Å². The van der Waals surface area contributed by atoms with Gasteiger partial charge in [-0.3, -0.25) is 9.36 Å². The molecule has 0 spiro atoms. The van der Waals surface area contributed by atoms with Gasteiger partial charge in [-0.05, 0) is 42.4 Å². The second-order valence-corrected chi connectivity index (χ2v) is 7.80. The van der Waals surface area contributed by atoms with Crippen LogP contribution in [0.5, 0.6) is 0 Å². The summed E-state index contributed by atoms with van der Waals surface area (Å²) in [6.07, 6.45) is 11.0. The van der Waals surface area contributed by atoms with E-state index in [0.29, 0.717) is 33.3 Å². The number of aromatic nitrogens is 5. The molecule has 31 heavy (non-hydrogen) atoms. The zero-order valence-corrected chi connectivity index (χ0v) is 18.1. The summed E-state index contributed by atoms with van der Waals surface area (Å²) in [5.74, 6) is 0.959. The van der Waals surface area contributed by atoms with E-state index in [4.69, 9.17) is 17.3 Å². The summed E-state index contributed by atoms with van der Waals surface area (Å²) in [7, 11) is 0. The molecule has 1 atom stereocenters. The molecule has 1 aliphatic rings. The van der Waals surface area contributed by atoms with Gasteiger partial charge in [-0.1, -0.05) is 49.7 Å². The van der Waals surface area contributed by atoms with Gasteiger partial charge in [0.2, 0.25) is 0 Å². The van der Waals surface area contributed by atoms with E-state index in [0.717, 1.165) is 29.6 Å². The van der Waals surface area contributed by atoms with Crippen LogP contribution < -0.4 is 11.3 Å². The van der Waals surface area contributed by atoms with Gasteiger partial charge in [0, 0.05) is 11.4 Å². The van der Waals surface area contributed by atoms with Crippen LogP contribution in [0.15, 0.2) is 59.9 Å². The molecule has 4 aromatic rings. The minimum absolute atomic E-state index is 0.0274. The van der Waals surface area contributed by atoms with Crippen LogP contribution in [0.2, 0.25) is 5.02 Å². The number of aryl methyl sites for hydroxylation is 1. The van der Waals surface area contributed by atoms with Gasteiger partial charge in [-0.15, -0.1) is 0 Å². The normalized spacial score (nSPS) is 15.6. The summed E-state index contributed by atoms with van der Waals surface area (Å²) in [6, 6.07) is 7.67. The summed E-state index contributed by atoms with van der Waals surface area (Å²) < 4.78 is 1.80. The Morgan fingerprint density at radius 3 is 2.84 bits per heavy atom. The number of aromatic amines is 1. The SMILES string of the molecule is CCc1cc2cccc(Cl)c2c(=O)n1C1=CC[C@H](C)C=C1.Nc1ncnc2nc[nH]c12. The smallest absolute Gasteiger partial charge is 0.264 e. The standard InChI is InChI=1S/C18H18ClNO.C5H5N5/c1-3-14-11-13-5-4-6-16(19)17(13)18(21)20(14)15-9-7-12(2)8-10-15;6-4-3-5(9-1-7-3)10-2-8-4/h4-7,9-12H,3,8H2,1-2H3;1-2H,(H3,6,7,8,9,10)/t12-;/m1./s1. The first-order valence-corrected chi connectivity index (χ1v) is 10.5. The van der Waals surface area contributed by atoms with Crippen LogP contribution in [-0.2, 0) is 6.42 Å². The molecule has 0 fully saturated rings. The number of nitrogen functional groups attached to an aromatic ring is 1. The summed E-state index contributed by atoms with van der Waals surface area (Å²) in [5, 5.41) is 2.03. The van der Waals surface area contributed by atoms with Gasteiger partial charge in [-0.25, -0.2) is 15.0 Å². The predicted molar refractivity (Wildman–Crippen MR) is 126 cm³/mol. The summed E-state index contributed by atoms with van der Waals surface area (Å²) >= 11 is 6.24. The Hall–Kier alpha value is -3.45. The van der Waals surface area contributed by atoms with Crippen LogP contribution in [0, 0.1) is 5.92 Å². The van der Waals surface area contributed by atoms with Crippen LogP contribution in [0.25, 0.3) is 27.6 Å². The van der Waals surface area contributed by atoms with Crippen LogP contribution in [0.1, 0.15) is 26.0 Å². The largest absolute Gasteiger partial charge is 0.382 e. The Balaban J connectivity index is 0.000000192. The molecule has 5 rings (SSSR count). The molecule has 3 heterocycles. The van der Waals surface area contributed by atoms with E-state index in [1.807, 2.05) is 18.2 Å². The van der Waals surface area contributed by atoms with Gasteiger partial charge >= 0.3 is 0 Å². The van der Waals surface area contributed by atoms with Crippen molar-refractivity contribution >= 4 is 45.1 Å². The minimum Gasteiger partial charge on any atom is -0.382 e. The maximum absolute atomic E-state index is 12.9. The average Bonchev–Trinajstić information content (AvgIpc) is 3.25. The Bertz CT molecular complexity index is 1370. The number of pyridine rings is 1. The number of anilines is 1. The Morgan fingerprint density at radius 1 is 1.29 bits per heavy atom. The number of fused-ring (bicyclic) bond motifs is 2. The van der Waals surface area contributed by atoms with Crippen LogP contribution >= 0.6 is 11.6 Å². The van der Waals surface area contributed by atoms with Gasteiger partial charge < -0.3 is 10.7 Å². The number of allylic oxidation sites excluding steroid dienone is 4. The third kappa shape index (κ3) is 4.09. The van der Waals surface area contributed by atoms with E-state index in [9.17, 15) is 4.79 Å². The van der Waals surface area contributed by atoms with E-state index in [1.165, 1.54) is 12.7 Å². The third-order valence-corrected chi connectivity index (χ3v) is 5.55. The highest BCUT2D eigenvalue weighted by atomic mass is 35.5. The highest BCUT2D eigenvalue weighted by Gasteiger charge is 2.14. The molecule has 0 bridgehead atoms. The lowest BCUT2D eigenvalue weighted by Crippen LogP contribution is -2.23. The highest BCUT2D eigenvalue weighted by molar-refractivity contribution is 6.35. The van der Waals surface area contributed by atoms with Crippen LogP contribution in [0.3, 0.4) is 0 Å². The molecule has 0 unspecified atom stereocenters. The maximum atomic E-state index is 12.9. The number of nitrogens with zero attached hydrogens (tertiary/aromatic N) is 4. The van der Waals surface area contributed by atoms with Crippen molar-refractivity contribution in [2.75, 3.05) is 5.73 Å². The number of H-pyrrole nitrogens is 1. The number of halogens is 1. The number of nitrogens with one attached hydrogen (secondary N) is 1. The monoisotopic (exact) mass is 434 g/mol. The molecular formula is C23H23ClN6O. The van der Waals surface area contributed by atoms with Crippen molar-refractivity contribution in [3.63, 3.8) is 0 Å². The molecule has 1 aliphatic carbocycles. The molecule has 0 radical (unpaired) electrons. The number of imidazole rings is 1. The lowest BCUT2D eigenvalue weighted by Gasteiger charge is -2.18. The topological polar surface area (TPSA) is 102 Å². The van der Waals surface area contributed by atoms with Gasteiger partial charge in [0.15, 0.2) is 11.5 Å². The van der Waals surface area contributed by atoms with Crippen molar-refractivity contribution in [2.45, 2.75) is 26.7 Å². The second-order valence-electron chi connectivity index (χ2n) is 7.39. The summed E-state index contributed by atoms with van der Waals surface area (Å²) in [6.45, 7) is 4.24. The highest BCUT2D eigenvalue weighted by Crippen LogP contribution is 2.25. The van der Waals surface area contributed by atoms with Crippen molar-refractivity contribution < 1.29 is 0 Å². The van der Waals surface area contributed by atoms with Crippen molar-refractivity contribution in [1.82, 2.24) is 24.5 Å². The van der Waals surface area contributed by atoms with Crippen molar-refractivity contribution in [3.05, 3.63) is 76.2 Å². The second kappa shape index (κ2) is 8.73. The fraction of sp³-hybridized carbons (Fsp3) is 0.217.